The molecular weight excluding hydrogens is 303 g/mol. The number of nitriles is 1. The standard InChI is InChI=1S/C13H8F3N3OS/c1-7-18-6-11(21-7)12(20)19-9-3-2-8(5-17)10(4-9)13(14,15)16/h2-4,6H,1H3,(H,19,20). The Kier molecular flexibility index (Phi) is 3.95. The fourth-order valence-corrected chi connectivity index (χ4v) is 2.29. The topological polar surface area (TPSA) is 65.8 Å². The van der Waals surface area contributed by atoms with Crippen molar-refractivity contribution >= 4 is 22.9 Å². The van der Waals surface area contributed by atoms with Crippen molar-refractivity contribution in [2.24, 2.45) is 0 Å². The number of carbonyl (C=O) groups excluding carboxylic acids is 1. The first-order valence-electron chi connectivity index (χ1n) is 5.66. The molecular formula is C13H8F3N3OS. The summed E-state index contributed by atoms with van der Waals surface area (Å²) in [5, 5.41) is 11.7. The summed E-state index contributed by atoms with van der Waals surface area (Å²) in [6.07, 6.45) is -3.31. The number of anilines is 1. The Balaban J connectivity index is 2.30. The van der Waals surface area contributed by atoms with Gasteiger partial charge in [-0.25, -0.2) is 4.98 Å². The predicted octanol–water partition coefficient (Wildman–Crippen LogP) is 3.59. The highest BCUT2D eigenvalue weighted by Crippen LogP contribution is 2.33. The van der Waals surface area contributed by atoms with E-state index >= 15 is 0 Å². The summed E-state index contributed by atoms with van der Waals surface area (Å²) in [6.45, 7) is 1.71. The number of benzene rings is 1. The number of carbonyl (C=O) groups is 1. The Morgan fingerprint density at radius 3 is 2.67 bits per heavy atom. The maximum atomic E-state index is 12.8. The Labute approximate surface area is 121 Å². The molecule has 2 aromatic rings. The van der Waals surface area contributed by atoms with Crippen molar-refractivity contribution in [1.82, 2.24) is 4.98 Å². The van der Waals surface area contributed by atoms with Crippen LogP contribution in [0.25, 0.3) is 0 Å². The zero-order valence-electron chi connectivity index (χ0n) is 10.7. The second-order valence-corrected chi connectivity index (χ2v) is 5.30. The lowest BCUT2D eigenvalue weighted by Crippen LogP contribution is -2.13. The van der Waals surface area contributed by atoms with Gasteiger partial charge >= 0.3 is 6.18 Å². The molecule has 0 bridgehead atoms. The highest BCUT2D eigenvalue weighted by atomic mass is 32.1. The van der Waals surface area contributed by atoms with E-state index in [9.17, 15) is 18.0 Å². The van der Waals surface area contributed by atoms with Gasteiger partial charge in [-0.1, -0.05) is 0 Å². The number of aromatic nitrogens is 1. The van der Waals surface area contributed by atoms with Crippen molar-refractivity contribution in [3.63, 3.8) is 0 Å². The minimum absolute atomic E-state index is 0.0302. The number of hydrogen-bond acceptors (Lipinski definition) is 4. The molecule has 4 nitrogen and oxygen atoms in total. The highest BCUT2D eigenvalue weighted by Gasteiger charge is 2.34. The maximum absolute atomic E-state index is 12.8. The van der Waals surface area contributed by atoms with Crippen molar-refractivity contribution < 1.29 is 18.0 Å². The van der Waals surface area contributed by atoms with Crippen LogP contribution in [0.1, 0.15) is 25.8 Å². The first-order valence-corrected chi connectivity index (χ1v) is 6.48. The smallest absolute Gasteiger partial charge is 0.321 e. The van der Waals surface area contributed by atoms with Gasteiger partial charge in [0, 0.05) is 5.69 Å². The first kappa shape index (κ1) is 15.0. The molecule has 0 radical (unpaired) electrons. The largest absolute Gasteiger partial charge is 0.417 e. The van der Waals surface area contributed by atoms with Gasteiger partial charge in [0.1, 0.15) is 4.88 Å². The molecule has 0 unspecified atom stereocenters. The molecule has 1 aromatic heterocycles. The van der Waals surface area contributed by atoms with E-state index in [0.29, 0.717) is 9.88 Å². The predicted molar refractivity (Wildman–Crippen MR) is 71.0 cm³/mol. The second-order valence-electron chi connectivity index (χ2n) is 4.07. The molecule has 1 amide bonds. The Morgan fingerprint density at radius 2 is 2.14 bits per heavy atom. The Bertz CT molecular complexity index is 731. The van der Waals surface area contributed by atoms with Gasteiger partial charge in [-0.15, -0.1) is 11.3 Å². The van der Waals surface area contributed by atoms with Gasteiger partial charge in [0.2, 0.25) is 0 Å². The molecule has 8 heteroatoms. The highest BCUT2D eigenvalue weighted by molar-refractivity contribution is 7.13. The Morgan fingerprint density at radius 1 is 1.43 bits per heavy atom. The van der Waals surface area contributed by atoms with Crippen LogP contribution < -0.4 is 5.32 Å². The van der Waals surface area contributed by atoms with Crippen LogP contribution in [-0.2, 0) is 6.18 Å². The van der Waals surface area contributed by atoms with Gasteiger partial charge in [-0.2, -0.15) is 18.4 Å². The van der Waals surface area contributed by atoms with E-state index in [2.05, 4.69) is 10.3 Å². The molecule has 0 aliphatic carbocycles. The lowest BCUT2D eigenvalue weighted by atomic mass is 10.1. The van der Waals surface area contributed by atoms with Crippen LogP contribution in [0.4, 0.5) is 18.9 Å². The van der Waals surface area contributed by atoms with Gasteiger partial charge in [0.25, 0.3) is 5.91 Å². The van der Waals surface area contributed by atoms with Crippen LogP contribution >= 0.6 is 11.3 Å². The second kappa shape index (κ2) is 5.54. The summed E-state index contributed by atoms with van der Waals surface area (Å²) in [5.74, 6) is -0.543. The number of hydrogen-bond donors (Lipinski definition) is 1. The molecule has 0 aliphatic rings. The molecule has 1 N–H and O–H groups in total. The number of nitrogens with one attached hydrogen (secondary N) is 1. The molecule has 0 saturated carbocycles. The van der Waals surface area contributed by atoms with Gasteiger partial charge in [0.05, 0.1) is 28.4 Å². The summed E-state index contributed by atoms with van der Waals surface area (Å²) in [6, 6.07) is 4.49. The molecule has 21 heavy (non-hydrogen) atoms. The van der Waals surface area contributed by atoms with E-state index in [0.717, 1.165) is 23.5 Å². The zero-order valence-corrected chi connectivity index (χ0v) is 11.5. The maximum Gasteiger partial charge on any atom is 0.417 e. The van der Waals surface area contributed by atoms with Crippen LogP contribution in [0, 0.1) is 18.3 Å². The average Bonchev–Trinajstić information content (AvgIpc) is 2.84. The van der Waals surface area contributed by atoms with E-state index in [4.69, 9.17) is 5.26 Å². The number of halogens is 3. The van der Waals surface area contributed by atoms with Crippen molar-refractivity contribution in [2.45, 2.75) is 13.1 Å². The van der Waals surface area contributed by atoms with Crippen molar-refractivity contribution in [1.29, 1.82) is 5.26 Å². The quantitative estimate of drug-likeness (QED) is 0.921. The molecule has 108 valence electrons. The number of rotatable bonds is 2. The van der Waals surface area contributed by atoms with Gasteiger partial charge < -0.3 is 5.32 Å². The fraction of sp³-hybridized carbons (Fsp3) is 0.154. The first-order chi connectivity index (χ1) is 9.81. The lowest BCUT2D eigenvalue weighted by Gasteiger charge is -2.11. The number of nitrogens with zero attached hydrogens (tertiary/aromatic N) is 2. The van der Waals surface area contributed by atoms with Crippen LogP contribution in [-0.4, -0.2) is 10.9 Å². The fourth-order valence-electron chi connectivity index (χ4n) is 1.61. The summed E-state index contributed by atoms with van der Waals surface area (Å²) in [5.41, 5.74) is -1.60. The van der Waals surface area contributed by atoms with Crippen molar-refractivity contribution in [2.75, 3.05) is 5.32 Å². The summed E-state index contributed by atoms with van der Waals surface area (Å²) >= 11 is 1.13. The molecule has 0 saturated heterocycles. The van der Waals surface area contributed by atoms with Crippen molar-refractivity contribution in [3.05, 3.63) is 45.4 Å². The van der Waals surface area contributed by atoms with E-state index < -0.39 is 23.2 Å². The molecule has 2 rings (SSSR count). The summed E-state index contributed by atoms with van der Waals surface area (Å²) < 4.78 is 38.4. The minimum atomic E-state index is -4.66. The average molecular weight is 311 g/mol. The van der Waals surface area contributed by atoms with E-state index in [1.54, 1.807) is 6.92 Å². The third-order valence-corrected chi connectivity index (χ3v) is 3.46. The molecule has 0 fully saturated rings. The molecule has 1 heterocycles. The van der Waals surface area contributed by atoms with E-state index in [-0.39, 0.29) is 5.69 Å². The van der Waals surface area contributed by atoms with Crippen LogP contribution in [0.3, 0.4) is 0 Å². The SMILES string of the molecule is Cc1ncc(C(=O)Nc2ccc(C#N)c(C(F)(F)F)c2)s1. The third kappa shape index (κ3) is 3.38. The summed E-state index contributed by atoms with van der Waals surface area (Å²) in [7, 11) is 0. The molecule has 0 atom stereocenters. The monoisotopic (exact) mass is 311 g/mol. The number of aryl methyl sites for hydroxylation is 1. The van der Waals surface area contributed by atoms with Gasteiger partial charge in [-0.3, -0.25) is 4.79 Å². The number of amides is 1. The van der Waals surface area contributed by atoms with Crippen LogP contribution in [0.15, 0.2) is 24.4 Å². The normalized spacial score (nSPS) is 11.0. The Hall–Kier alpha value is -2.40. The van der Waals surface area contributed by atoms with Gasteiger partial charge in [-0.05, 0) is 25.1 Å². The van der Waals surface area contributed by atoms with E-state index in [1.807, 2.05) is 0 Å². The third-order valence-electron chi connectivity index (χ3n) is 2.55. The summed E-state index contributed by atoms with van der Waals surface area (Å²) in [4.78, 5) is 16.1. The molecule has 0 aliphatic heterocycles. The molecule has 1 aromatic carbocycles. The van der Waals surface area contributed by atoms with Crippen LogP contribution in [0.5, 0.6) is 0 Å². The van der Waals surface area contributed by atoms with Crippen molar-refractivity contribution in [3.8, 4) is 6.07 Å². The van der Waals surface area contributed by atoms with Gasteiger partial charge in [0.15, 0.2) is 0 Å². The minimum Gasteiger partial charge on any atom is -0.321 e. The van der Waals surface area contributed by atoms with Crippen LogP contribution in [0.2, 0.25) is 0 Å². The lowest BCUT2D eigenvalue weighted by molar-refractivity contribution is -0.137. The van der Waals surface area contributed by atoms with E-state index in [1.165, 1.54) is 18.3 Å². The number of thiazole rings is 1. The number of alkyl halides is 3. The zero-order chi connectivity index (χ0) is 15.6. The molecule has 0 spiro atoms.